The number of nitrogens with zero attached hydrogens (tertiary/aromatic N) is 4. The molecule has 124 valence electrons. The van der Waals surface area contributed by atoms with Crippen LogP contribution in [0.4, 0.5) is 0 Å². The van der Waals surface area contributed by atoms with Crippen LogP contribution in [0.15, 0.2) is 40.1 Å². The van der Waals surface area contributed by atoms with Crippen LogP contribution in [0, 0.1) is 13.8 Å². The molecule has 1 aromatic carbocycles. The van der Waals surface area contributed by atoms with Gasteiger partial charge in [-0.3, -0.25) is 0 Å². The molecule has 0 bridgehead atoms. The summed E-state index contributed by atoms with van der Waals surface area (Å²) in [7, 11) is 1.34. The normalized spacial score (nSPS) is 10.8. The number of esters is 1. The molecular weight excluding hydrogens is 328 g/mol. The van der Waals surface area contributed by atoms with Crippen molar-refractivity contribution in [3.8, 4) is 5.69 Å². The first-order chi connectivity index (χ1) is 11.6. The monoisotopic (exact) mass is 344 g/mol. The van der Waals surface area contributed by atoms with E-state index in [4.69, 9.17) is 9.15 Å². The highest BCUT2D eigenvalue weighted by Gasteiger charge is 2.18. The predicted molar refractivity (Wildman–Crippen MR) is 88.2 cm³/mol. The highest BCUT2D eigenvalue weighted by Crippen LogP contribution is 2.26. The number of tetrazole rings is 1. The fourth-order valence-electron chi connectivity index (χ4n) is 2.26. The van der Waals surface area contributed by atoms with E-state index < -0.39 is 5.97 Å². The van der Waals surface area contributed by atoms with Gasteiger partial charge >= 0.3 is 5.97 Å². The van der Waals surface area contributed by atoms with Crippen molar-refractivity contribution in [1.29, 1.82) is 0 Å². The maximum atomic E-state index is 11.7. The first-order valence-corrected chi connectivity index (χ1v) is 8.23. The van der Waals surface area contributed by atoms with Gasteiger partial charge in [-0.25, -0.2) is 4.79 Å². The molecule has 7 nitrogen and oxygen atoms in total. The van der Waals surface area contributed by atoms with Gasteiger partial charge in [0, 0.05) is 0 Å². The zero-order valence-electron chi connectivity index (χ0n) is 13.5. The van der Waals surface area contributed by atoms with E-state index in [1.807, 2.05) is 32.0 Å². The number of aromatic nitrogens is 4. The van der Waals surface area contributed by atoms with Crippen LogP contribution in [0.25, 0.3) is 5.69 Å². The lowest BCUT2D eigenvalue weighted by Gasteiger charge is -2.09. The second-order valence-corrected chi connectivity index (χ2v) is 6.07. The Morgan fingerprint density at radius 2 is 2.17 bits per heavy atom. The number of methoxy groups -OCH3 is 1. The second-order valence-electron chi connectivity index (χ2n) is 5.13. The van der Waals surface area contributed by atoms with Crippen LogP contribution in [-0.2, 0) is 10.5 Å². The number of thioether (sulfide) groups is 1. The maximum Gasteiger partial charge on any atom is 0.341 e. The molecular formula is C16H16N4O3S. The van der Waals surface area contributed by atoms with Gasteiger partial charge in [0.2, 0.25) is 5.16 Å². The quantitative estimate of drug-likeness (QED) is 0.520. The Morgan fingerprint density at radius 1 is 1.33 bits per heavy atom. The minimum atomic E-state index is -0.423. The Morgan fingerprint density at radius 3 is 2.96 bits per heavy atom. The summed E-state index contributed by atoms with van der Waals surface area (Å²) in [5.74, 6) is 0.527. The summed E-state index contributed by atoms with van der Waals surface area (Å²) < 4.78 is 11.8. The Hall–Kier alpha value is -2.61. The van der Waals surface area contributed by atoms with E-state index >= 15 is 0 Å². The van der Waals surface area contributed by atoms with Crippen molar-refractivity contribution in [3.63, 3.8) is 0 Å². The lowest BCUT2D eigenvalue weighted by Crippen LogP contribution is -2.04. The molecule has 2 heterocycles. The fourth-order valence-corrected chi connectivity index (χ4v) is 3.09. The van der Waals surface area contributed by atoms with Crippen molar-refractivity contribution in [2.75, 3.05) is 7.11 Å². The molecule has 3 aromatic rings. The number of hydrogen-bond acceptors (Lipinski definition) is 7. The van der Waals surface area contributed by atoms with Gasteiger partial charge in [0.15, 0.2) is 0 Å². The van der Waals surface area contributed by atoms with Gasteiger partial charge in [-0.15, -0.1) is 5.10 Å². The third-order valence-corrected chi connectivity index (χ3v) is 4.65. The van der Waals surface area contributed by atoms with Crippen molar-refractivity contribution < 1.29 is 13.9 Å². The summed E-state index contributed by atoms with van der Waals surface area (Å²) in [4.78, 5) is 11.7. The molecule has 0 aliphatic heterocycles. The SMILES string of the molecule is COC(=O)c1ccoc1CSc1nnnn1-c1cccc(C)c1C. The average molecular weight is 344 g/mol. The molecule has 0 atom stereocenters. The van der Waals surface area contributed by atoms with E-state index in [1.54, 1.807) is 10.7 Å². The standard InChI is InChI=1S/C16H16N4O3S/c1-10-5-4-6-13(11(10)2)20-16(17-18-19-20)24-9-14-12(7-8-23-14)15(21)22-3/h4-8H,9H2,1-3H3. The molecule has 0 aliphatic carbocycles. The van der Waals surface area contributed by atoms with Crippen LogP contribution in [0.5, 0.6) is 0 Å². The number of rotatable bonds is 5. The Balaban J connectivity index is 1.84. The first kappa shape index (κ1) is 16.3. The molecule has 0 N–H and O–H groups in total. The van der Waals surface area contributed by atoms with Crippen molar-refractivity contribution >= 4 is 17.7 Å². The maximum absolute atomic E-state index is 11.7. The summed E-state index contributed by atoms with van der Waals surface area (Å²) in [5, 5.41) is 12.5. The van der Waals surface area contributed by atoms with E-state index in [1.165, 1.54) is 25.1 Å². The van der Waals surface area contributed by atoms with Crippen LogP contribution >= 0.6 is 11.8 Å². The predicted octanol–water partition coefficient (Wildman–Crippen LogP) is 2.95. The zero-order chi connectivity index (χ0) is 17.1. The Labute approximate surface area is 143 Å². The Kier molecular flexibility index (Phi) is 4.66. The van der Waals surface area contributed by atoms with Crippen LogP contribution < -0.4 is 0 Å². The fraction of sp³-hybridized carbons (Fsp3) is 0.250. The lowest BCUT2D eigenvalue weighted by molar-refractivity contribution is 0.0598. The summed E-state index contributed by atoms with van der Waals surface area (Å²) in [5.41, 5.74) is 3.61. The molecule has 8 heteroatoms. The summed E-state index contributed by atoms with van der Waals surface area (Å²) >= 11 is 1.39. The van der Waals surface area contributed by atoms with E-state index in [-0.39, 0.29) is 0 Å². The highest BCUT2D eigenvalue weighted by atomic mass is 32.2. The van der Waals surface area contributed by atoms with Gasteiger partial charge in [0.1, 0.15) is 11.3 Å². The number of hydrogen-bond donors (Lipinski definition) is 0. The number of benzene rings is 1. The van der Waals surface area contributed by atoms with Gasteiger partial charge < -0.3 is 9.15 Å². The molecule has 0 unspecified atom stereocenters. The van der Waals surface area contributed by atoms with Crippen LogP contribution in [-0.4, -0.2) is 33.3 Å². The molecule has 2 aromatic heterocycles. The summed E-state index contributed by atoms with van der Waals surface area (Å²) in [6.45, 7) is 4.07. The molecule has 3 rings (SSSR count). The largest absolute Gasteiger partial charge is 0.468 e. The molecule has 0 saturated heterocycles. The summed E-state index contributed by atoms with van der Waals surface area (Å²) in [6.07, 6.45) is 1.47. The van der Waals surface area contributed by atoms with Gasteiger partial charge in [-0.05, 0) is 47.5 Å². The minimum Gasteiger partial charge on any atom is -0.468 e. The molecule has 24 heavy (non-hydrogen) atoms. The molecule has 0 saturated carbocycles. The van der Waals surface area contributed by atoms with Crippen LogP contribution in [0.3, 0.4) is 0 Å². The topological polar surface area (TPSA) is 83.0 Å². The highest BCUT2D eigenvalue weighted by molar-refractivity contribution is 7.98. The van der Waals surface area contributed by atoms with Gasteiger partial charge in [0.05, 0.1) is 24.8 Å². The average Bonchev–Trinajstić information content (AvgIpc) is 3.23. The third-order valence-electron chi connectivity index (χ3n) is 3.73. The van der Waals surface area contributed by atoms with Crippen LogP contribution in [0.1, 0.15) is 27.2 Å². The lowest BCUT2D eigenvalue weighted by atomic mass is 10.1. The van der Waals surface area contributed by atoms with Crippen molar-refractivity contribution in [3.05, 3.63) is 53.0 Å². The van der Waals surface area contributed by atoms with Crippen molar-refractivity contribution in [1.82, 2.24) is 20.2 Å². The first-order valence-electron chi connectivity index (χ1n) is 7.24. The molecule has 0 radical (unpaired) electrons. The van der Waals surface area contributed by atoms with E-state index in [9.17, 15) is 4.79 Å². The van der Waals surface area contributed by atoms with E-state index in [2.05, 4.69) is 15.5 Å². The summed E-state index contributed by atoms with van der Waals surface area (Å²) in [6, 6.07) is 7.57. The van der Waals surface area contributed by atoms with E-state index in [0.29, 0.717) is 22.2 Å². The number of ether oxygens (including phenoxy) is 1. The van der Waals surface area contributed by atoms with Crippen LogP contribution in [0.2, 0.25) is 0 Å². The molecule has 0 amide bonds. The van der Waals surface area contributed by atoms with Crippen molar-refractivity contribution in [2.45, 2.75) is 24.8 Å². The molecule has 0 aliphatic rings. The number of carbonyl (C=O) groups is 1. The number of furan rings is 1. The smallest absolute Gasteiger partial charge is 0.341 e. The van der Waals surface area contributed by atoms with Gasteiger partial charge in [-0.2, -0.15) is 4.68 Å². The minimum absolute atomic E-state index is 0.413. The molecule has 0 spiro atoms. The third kappa shape index (κ3) is 3.05. The Bertz CT molecular complexity index is 872. The van der Waals surface area contributed by atoms with E-state index in [0.717, 1.165) is 16.8 Å². The van der Waals surface area contributed by atoms with Gasteiger partial charge in [0.25, 0.3) is 0 Å². The zero-order valence-corrected chi connectivity index (χ0v) is 14.3. The number of carbonyl (C=O) groups excluding carboxylic acids is 1. The van der Waals surface area contributed by atoms with Gasteiger partial charge in [-0.1, -0.05) is 23.9 Å². The van der Waals surface area contributed by atoms with Crippen molar-refractivity contribution in [2.24, 2.45) is 0 Å². The molecule has 0 fully saturated rings. The number of aryl methyl sites for hydroxylation is 1. The second kappa shape index (κ2) is 6.88.